The first-order valence-electron chi connectivity index (χ1n) is 8.07. The molecule has 0 radical (unpaired) electrons. The number of nitrogens with zero attached hydrogens (tertiary/aromatic N) is 1. The molecule has 1 fully saturated rings. The molecule has 1 N–H and O–H groups in total. The molecular formula is C19H18Cl2N2. The van der Waals surface area contributed by atoms with Gasteiger partial charge in [0.25, 0.3) is 0 Å². The van der Waals surface area contributed by atoms with Gasteiger partial charge in [-0.2, -0.15) is 0 Å². The number of rotatable bonds is 3. The van der Waals surface area contributed by atoms with Gasteiger partial charge in [0.2, 0.25) is 0 Å². The summed E-state index contributed by atoms with van der Waals surface area (Å²) in [6.45, 7) is 0.860. The van der Waals surface area contributed by atoms with E-state index >= 15 is 0 Å². The van der Waals surface area contributed by atoms with E-state index in [-0.39, 0.29) is 6.04 Å². The number of hydrogen-bond donors (Lipinski definition) is 1. The molecule has 2 nitrogen and oxygen atoms in total. The molecule has 2 aromatic rings. The average molecular weight is 345 g/mol. The molecule has 0 amide bonds. The normalized spacial score (nSPS) is 20.3. The second-order valence-electron chi connectivity index (χ2n) is 6.36. The molecule has 1 heterocycles. The van der Waals surface area contributed by atoms with Crippen LogP contribution < -0.4 is 5.32 Å². The highest BCUT2D eigenvalue weighted by Crippen LogP contribution is 2.36. The number of halogens is 2. The predicted octanol–water partition coefficient (Wildman–Crippen LogP) is 5.43. The number of aliphatic imine (C=N–C) groups is 1. The van der Waals surface area contributed by atoms with Crippen molar-refractivity contribution in [3.05, 3.63) is 63.6 Å². The summed E-state index contributed by atoms with van der Waals surface area (Å²) < 4.78 is 0. The van der Waals surface area contributed by atoms with Gasteiger partial charge in [-0.3, -0.25) is 4.99 Å². The summed E-state index contributed by atoms with van der Waals surface area (Å²) in [5.41, 5.74) is 4.03. The van der Waals surface area contributed by atoms with E-state index < -0.39 is 0 Å². The van der Waals surface area contributed by atoms with Crippen LogP contribution in [0.1, 0.15) is 30.4 Å². The van der Waals surface area contributed by atoms with E-state index in [0.29, 0.717) is 5.02 Å². The highest BCUT2D eigenvalue weighted by molar-refractivity contribution is 6.36. The molecule has 1 aliphatic carbocycles. The number of hydrogen-bond acceptors (Lipinski definition) is 2. The fourth-order valence-corrected chi connectivity index (χ4v) is 3.53. The minimum atomic E-state index is 0.278. The first-order valence-corrected chi connectivity index (χ1v) is 8.83. The molecule has 0 aromatic heterocycles. The maximum absolute atomic E-state index is 6.45. The molecular weight excluding hydrogens is 327 g/mol. The topological polar surface area (TPSA) is 24.4 Å². The van der Waals surface area contributed by atoms with Crippen LogP contribution in [0.5, 0.6) is 0 Å². The van der Waals surface area contributed by atoms with Crippen molar-refractivity contribution in [2.75, 3.05) is 11.9 Å². The van der Waals surface area contributed by atoms with Crippen molar-refractivity contribution in [3.63, 3.8) is 0 Å². The van der Waals surface area contributed by atoms with Gasteiger partial charge in [-0.05, 0) is 36.6 Å². The van der Waals surface area contributed by atoms with E-state index in [9.17, 15) is 0 Å². The zero-order valence-electron chi connectivity index (χ0n) is 12.7. The molecule has 0 saturated heterocycles. The molecule has 23 heavy (non-hydrogen) atoms. The Morgan fingerprint density at radius 1 is 1.04 bits per heavy atom. The lowest BCUT2D eigenvalue weighted by Crippen LogP contribution is -2.17. The molecule has 1 aliphatic heterocycles. The Labute approximate surface area is 146 Å². The molecule has 0 bridgehead atoms. The third-order valence-corrected chi connectivity index (χ3v) is 5.07. The number of benzene rings is 2. The molecule has 4 heteroatoms. The van der Waals surface area contributed by atoms with Crippen LogP contribution in [0.25, 0.3) is 0 Å². The van der Waals surface area contributed by atoms with Crippen molar-refractivity contribution in [1.82, 2.24) is 0 Å². The van der Waals surface area contributed by atoms with Crippen molar-refractivity contribution >= 4 is 34.6 Å². The number of fused-ring (bicyclic) bond motifs is 1. The average Bonchev–Trinajstić information content (AvgIpc) is 3.36. The molecule has 2 aliphatic rings. The number of benzodiazepines with no additional fused rings is 1. The molecule has 4 rings (SSSR count). The highest BCUT2D eigenvalue weighted by Gasteiger charge is 2.28. The van der Waals surface area contributed by atoms with Crippen molar-refractivity contribution in [2.24, 2.45) is 10.9 Å². The summed E-state index contributed by atoms with van der Waals surface area (Å²) >= 11 is 12.7. The van der Waals surface area contributed by atoms with E-state index in [1.807, 2.05) is 42.5 Å². The Balaban J connectivity index is 1.83. The number of anilines is 1. The Hall–Kier alpha value is -1.51. The Morgan fingerprint density at radius 3 is 2.65 bits per heavy atom. The maximum atomic E-state index is 6.45. The lowest BCUT2D eigenvalue weighted by atomic mass is 10.0. The van der Waals surface area contributed by atoms with Gasteiger partial charge in [-0.1, -0.05) is 54.2 Å². The van der Waals surface area contributed by atoms with Crippen LogP contribution in [-0.2, 0) is 0 Å². The fourth-order valence-electron chi connectivity index (χ4n) is 3.13. The summed E-state index contributed by atoms with van der Waals surface area (Å²) in [4.78, 5) is 5.08. The Bertz CT molecular complexity index is 766. The zero-order valence-corrected chi connectivity index (χ0v) is 14.2. The van der Waals surface area contributed by atoms with E-state index in [0.717, 1.165) is 46.4 Å². The van der Waals surface area contributed by atoms with Crippen LogP contribution in [0.15, 0.2) is 47.5 Å². The summed E-state index contributed by atoms with van der Waals surface area (Å²) in [6.07, 6.45) is 3.82. The molecule has 1 unspecified atom stereocenters. The Kier molecular flexibility index (Phi) is 4.04. The van der Waals surface area contributed by atoms with Crippen LogP contribution in [0.4, 0.5) is 5.69 Å². The van der Waals surface area contributed by atoms with Gasteiger partial charge in [0.05, 0.1) is 11.8 Å². The summed E-state index contributed by atoms with van der Waals surface area (Å²) in [6, 6.07) is 14.1. The largest absolute Gasteiger partial charge is 0.382 e. The van der Waals surface area contributed by atoms with Gasteiger partial charge >= 0.3 is 0 Å². The van der Waals surface area contributed by atoms with Gasteiger partial charge < -0.3 is 5.32 Å². The van der Waals surface area contributed by atoms with Crippen LogP contribution >= 0.6 is 23.2 Å². The summed E-state index contributed by atoms with van der Waals surface area (Å²) in [5, 5.41) is 4.98. The van der Waals surface area contributed by atoms with Crippen LogP contribution in [0.2, 0.25) is 10.0 Å². The highest BCUT2D eigenvalue weighted by atomic mass is 35.5. The SMILES string of the molecule is Clc1ccc2c(c1)C(c1ccccc1Cl)=NC(CC1CC1)CN2. The third-order valence-electron chi connectivity index (χ3n) is 4.51. The third kappa shape index (κ3) is 3.24. The maximum Gasteiger partial charge on any atom is 0.0759 e. The van der Waals surface area contributed by atoms with Crippen LogP contribution in [0.3, 0.4) is 0 Å². The molecule has 2 aromatic carbocycles. The fraction of sp³-hybridized carbons (Fsp3) is 0.316. The molecule has 1 atom stereocenters. The second-order valence-corrected chi connectivity index (χ2v) is 7.20. The van der Waals surface area contributed by atoms with Crippen molar-refractivity contribution in [1.29, 1.82) is 0 Å². The standard InChI is InChI=1S/C19H18Cl2N2/c20-13-7-8-18-16(10-13)19(15-3-1-2-4-17(15)21)23-14(11-22-18)9-12-5-6-12/h1-4,7-8,10,12,14,22H,5-6,9,11H2. The second kappa shape index (κ2) is 6.18. The minimum absolute atomic E-state index is 0.278. The zero-order chi connectivity index (χ0) is 15.8. The van der Waals surface area contributed by atoms with E-state index in [1.165, 1.54) is 12.8 Å². The van der Waals surface area contributed by atoms with Crippen molar-refractivity contribution in [2.45, 2.75) is 25.3 Å². The number of nitrogens with one attached hydrogen (secondary N) is 1. The smallest absolute Gasteiger partial charge is 0.0759 e. The van der Waals surface area contributed by atoms with Gasteiger partial charge in [0, 0.05) is 33.4 Å². The molecule has 1 saturated carbocycles. The Morgan fingerprint density at radius 2 is 1.87 bits per heavy atom. The monoisotopic (exact) mass is 344 g/mol. The van der Waals surface area contributed by atoms with Crippen LogP contribution in [0, 0.1) is 5.92 Å². The minimum Gasteiger partial charge on any atom is -0.382 e. The van der Waals surface area contributed by atoms with E-state index in [2.05, 4.69) is 5.32 Å². The van der Waals surface area contributed by atoms with Crippen molar-refractivity contribution in [3.8, 4) is 0 Å². The van der Waals surface area contributed by atoms with E-state index in [1.54, 1.807) is 0 Å². The summed E-state index contributed by atoms with van der Waals surface area (Å²) in [7, 11) is 0. The van der Waals surface area contributed by atoms with E-state index in [4.69, 9.17) is 28.2 Å². The first-order chi connectivity index (χ1) is 11.2. The predicted molar refractivity (Wildman–Crippen MR) is 98.2 cm³/mol. The first kappa shape index (κ1) is 15.0. The van der Waals surface area contributed by atoms with Crippen molar-refractivity contribution < 1.29 is 0 Å². The van der Waals surface area contributed by atoms with Gasteiger partial charge in [-0.25, -0.2) is 0 Å². The van der Waals surface area contributed by atoms with Gasteiger partial charge in [0.15, 0.2) is 0 Å². The lowest BCUT2D eigenvalue weighted by molar-refractivity contribution is 0.594. The van der Waals surface area contributed by atoms with Crippen LogP contribution in [-0.4, -0.2) is 18.3 Å². The van der Waals surface area contributed by atoms with Gasteiger partial charge in [-0.15, -0.1) is 0 Å². The quantitative estimate of drug-likeness (QED) is 0.789. The summed E-state index contributed by atoms with van der Waals surface area (Å²) in [5.74, 6) is 0.836. The lowest BCUT2D eigenvalue weighted by Gasteiger charge is -2.12. The molecule has 0 spiro atoms. The van der Waals surface area contributed by atoms with Gasteiger partial charge in [0.1, 0.15) is 0 Å². The molecule has 118 valence electrons.